The van der Waals surface area contributed by atoms with Crippen LogP contribution in [0.15, 0.2) is 24.3 Å². The molecule has 1 aromatic carbocycles. The molecular formula is C20H27ClN2O2. The van der Waals surface area contributed by atoms with Crippen LogP contribution in [0.25, 0.3) is 0 Å². The van der Waals surface area contributed by atoms with Gasteiger partial charge in [-0.1, -0.05) is 23.7 Å². The van der Waals surface area contributed by atoms with Crippen LogP contribution in [-0.2, 0) is 14.9 Å². The van der Waals surface area contributed by atoms with E-state index in [1.54, 1.807) is 0 Å². The number of halogens is 1. The Morgan fingerprint density at radius 2 is 1.76 bits per heavy atom. The number of benzene rings is 1. The minimum absolute atomic E-state index is 0.288. The number of nitrogens with zero attached hydrogens (tertiary/aromatic N) is 2. The summed E-state index contributed by atoms with van der Waals surface area (Å²) in [7, 11) is 0. The lowest BCUT2D eigenvalue weighted by Crippen LogP contribution is -2.50. The highest BCUT2D eigenvalue weighted by atomic mass is 35.5. The summed E-state index contributed by atoms with van der Waals surface area (Å²) in [5, 5.41) is 0.716. The van der Waals surface area contributed by atoms with Crippen LogP contribution in [0.1, 0.15) is 37.7 Å². The molecule has 4 nitrogen and oxygen atoms in total. The van der Waals surface area contributed by atoms with Crippen molar-refractivity contribution in [2.75, 3.05) is 39.4 Å². The molecule has 0 N–H and O–H groups in total. The summed E-state index contributed by atoms with van der Waals surface area (Å²) < 4.78 is 5.58. The average Bonchev–Trinajstić information content (AvgIpc) is 3.48. The van der Waals surface area contributed by atoms with E-state index in [4.69, 9.17) is 16.3 Å². The van der Waals surface area contributed by atoms with Crippen molar-refractivity contribution >= 4 is 17.5 Å². The van der Waals surface area contributed by atoms with Crippen LogP contribution in [0.4, 0.5) is 0 Å². The van der Waals surface area contributed by atoms with Crippen molar-refractivity contribution in [3.05, 3.63) is 34.9 Å². The molecule has 2 heterocycles. The third-order valence-electron chi connectivity index (χ3n) is 6.03. The molecule has 1 saturated carbocycles. The third-order valence-corrected chi connectivity index (χ3v) is 6.29. The van der Waals surface area contributed by atoms with Crippen molar-refractivity contribution in [1.82, 2.24) is 9.80 Å². The molecule has 2 aliphatic heterocycles. The molecule has 1 amide bonds. The van der Waals surface area contributed by atoms with Gasteiger partial charge in [0.25, 0.3) is 0 Å². The van der Waals surface area contributed by atoms with E-state index >= 15 is 0 Å². The van der Waals surface area contributed by atoms with Crippen molar-refractivity contribution < 1.29 is 9.53 Å². The number of carbonyl (C=O) groups is 1. The lowest BCUT2D eigenvalue weighted by molar-refractivity contribution is -0.141. The molecule has 0 radical (unpaired) electrons. The highest BCUT2D eigenvalue weighted by Gasteiger charge is 2.44. The number of hydrogen-bond donors (Lipinski definition) is 0. The zero-order chi connectivity index (χ0) is 17.3. The van der Waals surface area contributed by atoms with E-state index in [0.717, 1.165) is 57.0 Å². The van der Waals surface area contributed by atoms with Gasteiger partial charge in [-0.25, -0.2) is 0 Å². The van der Waals surface area contributed by atoms with Crippen LogP contribution in [0, 0.1) is 0 Å². The first-order valence-corrected chi connectivity index (χ1v) is 9.94. The second-order valence-electron chi connectivity index (χ2n) is 7.61. The van der Waals surface area contributed by atoms with Gasteiger partial charge < -0.3 is 9.64 Å². The van der Waals surface area contributed by atoms with Crippen molar-refractivity contribution in [2.24, 2.45) is 0 Å². The number of carbonyl (C=O) groups excluding carboxylic acids is 1. The minimum Gasteiger partial charge on any atom is -0.381 e. The van der Waals surface area contributed by atoms with E-state index in [9.17, 15) is 4.79 Å². The quantitative estimate of drug-likeness (QED) is 0.828. The average molecular weight is 363 g/mol. The first kappa shape index (κ1) is 17.3. The number of ether oxygens (including phenoxy) is 1. The zero-order valence-electron chi connectivity index (χ0n) is 14.8. The predicted octanol–water partition coefficient (Wildman–Crippen LogP) is 3.08. The molecule has 136 valence electrons. The van der Waals surface area contributed by atoms with Gasteiger partial charge in [0.1, 0.15) is 0 Å². The largest absolute Gasteiger partial charge is 0.381 e. The smallest absolute Gasteiger partial charge is 0.233 e. The van der Waals surface area contributed by atoms with Gasteiger partial charge in [0.15, 0.2) is 0 Å². The van der Waals surface area contributed by atoms with Gasteiger partial charge in [0.2, 0.25) is 5.91 Å². The van der Waals surface area contributed by atoms with Crippen LogP contribution in [0.2, 0.25) is 5.02 Å². The molecule has 0 spiro atoms. The standard InChI is InChI=1S/C20H27ClN2O2/c21-17-4-2-16(3-5-17)20(8-14-25-15-9-20)19(24)23-11-1-10-22(12-13-23)18-6-7-18/h2-5,18H,1,6-15H2. The Balaban J connectivity index is 1.56. The summed E-state index contributed by atoms with van der Waals surface area (Å²) in [5.74, 6) is 0.288. The number of amides is 1. The Kier molecular flexibility index (Phi) is 5.03. The summed E-state index contributed by atoms with van der Waals surface area (Å²) in [6, 6.07) is 8.64. The molecule has 25 heavy (non-hydrogen) atoms. The van der Waals surface area contributed by atoms with Crippen molar-refractivity contribution in [3.63, 3.8) is 0 Å². The van der Waals surface area contributed by atoms with Crippen LogP contribution < -0.4 is 0 Å². The molecule has 0 unspecified atom stereocenters. The molecule has 0 aromatic heterocycles. The molecule has 3 fully saturated rings. The van der Waals surface area contributed by atoms with Gasteiger partial charge in [-0.2, -0.15) is 0 Å². The van der Waals surface area contributed by atoms with Gasteiger partial charge in [-0.15, -0.1) is 0 Å². The predicted molar refractivity (Wildman–Crippen MR) is 99.0 cm³/mol. The van der Waals surface area contributed by atoms with Gasteiger partial charge in [-0.05, 0) is 49.8 Å². The van der Waals surface area contributed by atoms with Crippen molar-refractivity contribution in [2.45, 2.75) is 43.6 Å². The monoisotopic (exact) mass is 362 g/mol. The van der Waals surface area contributed by atoms with E-state index < -0.39 is 5.41 Å². The summed E-state index contributed by atoms with van der Waals surface area (Å²) in [6.07, 6.45) is 5.27. The Hall–Kier alpha value is -1.10. The van der Waals surface area contributed by atoms with Crippen molar-refractivity contribution in [3.8, 4) is 0 Å². The number of hydrogen-bond acceptors (Lipinski definition) is 3. The Labute approximate surface area is 155 Å². The zero-order valence-corrected chi connectivity index (χ0v) is 15.5. The molecule has 2 saturated heterocycles. The van der Waals surface area contributed by atoms with E-state index in [-0.39, 0.29) is 5.91 Å². The Morgan fingerprint density at radius 3 is 2.44 bits per heavy atom. The maximum atomic E-state index is 13.6. The maximum absolute atomic E-state index is 13.6. The van der Waals surface area contributed by atoms with E-state index in [1.165, 1.54) is 12.8 Å². The molecule has 3 aliphatic rings. The normalized spacial score (nSPS) is 24.8. The highest BCUT2D eigenvalue weighted by molar-refractivity contribution is 6.30. The van der Waals surface area contributed by atoms with Crippen LogP contribution >= 0.6 is 11.6 Å². The molecule has 0 bridgehead atoms. The van der Waals surface area contributed by atoms with Crippen LogP contribution in [-0.4, -0.2) is 61.1 Å². The second-order valence-corrected chi connectivity index (χ2v) is 8.05. The minimum atomic E-state index is -0.447. The molecule has 1 aliphatic carbocycles. The third kappa shape index (κ3) is 3.57. The maximum Gasteiger partial charge on any atom is 0.233 e. The fourth-order valence-corrected chi connectivity index (χ4v) is 4.49. The summed E-state index contributed by atoms with van der Waals surface area (Å²) in [4.78, 5) is 18.3. The Morgan fingerprint density at radius 1 is 1.04 bits per heavy atom. The summed E-state index contributed by atoms with van der Waals surface area (Å²) in [6.45, 7) is 5.17. The SMILES string of the molecule is O=C(N1CCCN(C2CC2)CC1)C1(c2ccc(Cl)cc2)CCOCC1. The molecule has 0 atom stereocenters. The lowest BCUT2D eigenvalue weighted by Gasteiger charge is -2.40. The first-order valence-electron chi connectivity index (χ1n) is 9.56. The molecular weight excluding hydrogens is 336 g/mol. The van der Waals surface area contributed by atoms with Gasteiger partial charge in [0, 0.05) is 50.5 Å². The molecule has 1 aromatic rings. The topological polar surface area (TPSA) is 32.8 Å². The second kappa shape index (κ2) is 7.26. The van der Waals surface area contributed by atoms with Gasteiger partial charge >= 0.3 is 0 Å². The van der Waals surface area contributed by atoms with Gasteiger partial charge in [0.05, 0.1) is 5.41 Å². The summed E-state index contributed by atoms with van der Waals surface area (Å²) >= 11 is 6.07. The van der Waals surface area contributed by atoms with E-state index in [2.05, 4.69) is 9.80 Å². The summed E-state index contributed by atoms with van der Waals surface area (Å²) in [5.41, 5.74) is 0.644. The highest BCUT2D eigenvalue weighted by Crippen LogP contribution is 2.38. The fraction of sp³-hybridized carbons (Fsp3) is 0.650. The van der Waals surface area contributed by atoms with Gasteiger partial charge in [-0.3, -0.25) is 9.69 Å². The van der Waals surface area contributed by atoms with Crippen LogP contribution in [0.3, 0.4) is 0 Å². The van der Waals surface area contributed by atoms with Crippen molar-refractivity contribution in [1.29, 1.82) is 0 Å². The fourth-order valence-electron chi connectivity index (χ4n) is 4.36. The molecule has 4 rings (SSSR count). The number of rotatable bonds is 3. The lowest BCUT2D eigenvalue weighted by atomic mass is 9.73. The van der Waals surface area contributed by atoms with E-state index in [0.29, 0.717) is 18.2 Å². The Bertz CT molecular complexity index is 609. The molecule has 5 heteroatoms. The van der Waals surface area contributed by atoms with Crippen LogP contribution in [0.5, 0.6) is 0 Å². The first-order chi connectivity index (χ1) is 12.2. The van der Waals surface area contributed by atoms with E-state index in [1.807, 2.05) is 24.3 Å².